The molecule has 0 aliphatic rings. The Morgan fingerprint density at radius 3 is 2.60 bits per heavy atom. The van der Waals surface area contributed by atoms with Crippen LogP contribution in [0.5, 0.6) is 5.75 Å². The molecule has 106 valence electrons. The Morgan fingerprint density at radius 1 is 1.05 bits per heavy atom. The van der Waals surface area contributed by atoms with Gasteiger partial charge in [-0.1, -0.05) is 41.9 Å². The number of benzene rings is 2. The van der Waals surface area contributed by atoms with Crippen molar-refractivity contribution in [2.24, 2.45) is 0 Å². The third-order valence-electron chi connectivity index (χ3n) is 2.72. The lowest BCUT2D eigenvalue weighted by Gasteiger charge is -2.11. The lowest BCUT2D eigenvalue weighted by atomic mass is 10.2. The van der Waals surface area contributed by atoms with Gasteiger partial charge in [-0.05, 0) is 23.8 Å². The quantitative estimate of drug-likeness (QED) is 0.861. The van der Waals surface area contributed by atoms with Crippen LogP contribution in [0.25, 0.3) is 0 Å². The molecule has 5 heteroatoms. The zero-order valence-electron chi connectivity index (χ0n) is 10.7. The Bertz CT molecular complexity index is 563. The van der Waals surface area contributed by atoms with E-state index in [0.29, 0.717) is 23.7 Å². The largest absolute Gasteiger partial charge is 0.434 e. The highest BCUT2D eigenvalue weighted by Gasteiger charge is 2.08. The molecule has 0 aromatic heterocycles. The third-order valence-corrected chi connectivity index (χ3v) is 2.96. The molecule has 0 aliphatic heterocycles. The molecule has 0 atom stereocenters. The molecule has 0 unspecified atom stereocenters. The van der Waals surface area contributed by atoms with Crippen molar-refractivity contribution < 1.29 is 13.5 Å². The molecule has 0 heterocycles. The average Bonchev–Trinajstić information content (AvgIpc) is 2.40. The normalized spacial score (nSPS) is 10.8. The summed E-state index contributed by atoms with van der Waals surface area (Å²) < 4.78 is 29.0. The molecule has 0 saturated carbocycles. The Kier molecular flexibility index (Phi) is 5.32. The van der Waals surface area contributed by atoms with Gasteiger partial charge in [0.1, 0.15) is 5.75 Å². The fourth-order valence-corrected chi connectivity index (χ4v) is 2.06. The Labute approximate surface area is 121 Å². The fraction of sp³-hybridized carbons (Fsp3) is 0.200. The molecular formula is C15H14ClF2NO. The van der Waals surface area contributed by atoms with Crippen molar-refractivity contribution in [1.82, 2.24) is 5.32 Å². The lowest BCUT2D eigenvalue weighted by molar-refractivity contribution is -0.0505. The minimum Gasteiger partial charge on any atom is -0.434 e. The average molecular weight is 298 g/mol. The van der Waals surface area contributed by atoms with E-state index in [0.717, 1.165) is 5.56 Å². The van der Waals surface area contributed by atoms with Crippen LogP contribution in [0.15, 0.2) is 48.5 Å². The van der Waals surface area contributed by atoms with Crippen LogP contribution in [0.2, 0.25) is 5.02 Å². The standard InChI is InChI=1S/C15H14ClF2NO/c16-13-6-3-4-11(8-13)9-19-10-12-5-1-2-7-14(12)20-15(17)18/h1-8,15,19H,9-10H2. The second-order valence-electron chi connectivity index (χ2n) is 4.22. The summed E-state index contributed by atoms with van der Waals surface area (Å²) >= 11 is 5.89. The highest BCUT2D eigenvalue weighted by molar-refractivity contribution is 6.30. The molecule has 2 aromatic rings. The number of halogens is 3. The predicted molar refractivity (Wildman–Crippen MR) is 75.1 cm³/mol. The molecule has 0 amide bonds. The van der Waals surface area contributed by atoms with Crippen LogP contribution in [0.1, 0.15) is 11.1 Å². The van der Waals surface area contributed by atoms with Crippen LogP contribution in [-0.2, 0) is 13.1 Å². The Hall–Kier alpha value is -1.65. The van der Waals surface area contributed by atoms with Crippen molar-refractivity contribution in [3.63, 3.8) is 0 Å². The molecule has 0 radical (unpaired) electrons. The van der Waals surface area contributed by atoms with Crippen molar-refractivity contribution in [3.8, 4) is 5.75 Å². The van der Waals surface area contributed by atoms with E-state index < -0.39 is 6.61 Å². The molecule has 0 fully saturated rings. The fourth-order valence-electron chi connectivity index (χ4n) is 1.85. The van der Waals surface area contributed by atoms with Crippen molar-refractivity contribution in [3.05, 3.63) is 64.7 Å². The van der Waals surface area contributed by atoms with E-state index >= 15 is 0 Å². The number of alkyl halides is 2. The van der Waals surface area contributed by atoms with Crippen LogP contribution < -0.4 is 10.1 Å². The van der Waals surface area contributed by atoms with E-state index in [2.05, 4.69) is 10.1 Å². The maximum atomic E-state index is 12.3. The van der Waals surface area contributed by atoms with E-state index in [9.17, 15) is 8.78 Å². The van der Waals surface area contributed by atoms with Gasteiger partial charge >= 0.3 is 6.61 Å². The van der Waals surface area contributed by atoms with Crippen LogP contribution in [-0.4, -0.2) is 6.61 Å². The van der Waals surface area contributed by atoms with Crippen molar-refractivity contribution in [2.75, 3.05) is 0 Å². The number of hydrogen-bond acceptors (Lipinski definition) is 2. The van der Waals surface area contributed by atoms with Gasteiger partial charge in [0, 0.05) is 23.7 Å². The summed E-state index contributed by atoms with van der Waals surface area (Å²) in [6.07, 6.45) is 0. The van der Waals surface area contributed by atoms with E-state index in [4.69, 9.17) is 11.6 Å². The molecule has 20 heavy (non-hydrogen) atoms. The summed E-state index contributed by atoms with van der Waals surface area (Å²) in [6.45, 7) is -1.78. The molecular weight excluding hydrogens is 284 g/mol. The topological polar surface area (TPSA) is 21.3 Å². The summed E-state index contributed by atoms with van der Waals surface area (Å²) in [5, 5.41) is 3.85. The first-order chi connectivity index (χ1) is 9.65. The van der Waals surface area contributed by atoms with Gasteiger partial charge in [0.15, 0.2) is 0 Å². The first-order valence-corrected chi connectivity index (χ1v) is 6.51. The SMILES string of the molecule is FC(F)Oc1ccccc1CNCc1cccc(Cl)c1. The molecule has 2 nitrogen and oxygen atoms in total. The molecule has 1 N–H and O–H groups in total. The molecule has 2 rings (SSSR count). The smallest absolute Gasteiger partial charge is 0.387 e. The van der Waals surface area contributed by atoms with Crippen molar-refractivity contribution in [2.45, 2.75) is 19.7 Å². The van der Waals surface area contributed by atoms with Gasteiger partial charge in [0.05, 0.1) is 0 Å². The Balaban J connectivity index is 1.94. The minimum atomic E-state index is -2.82. The number of nitrogens with one attached hydrogen (secondary N) is 1. The van der Waals surface area contributed by atoms with E-state index in [1.54, 1.807) is 24.3 Å². The van der Waals surface area contributed by atoms with Crippen LogP contribution in [0.4, 0.5) is 8.78 Å². The molecule has 0 spiro atoms. The van der Waals surface area contributed by atoms with Gasteiger partial charge in [0.25, 0.3) is 0 Å². The number of ether oxygens (including phenoxy) is 1. The summed E-state index contributed by atoms with van der Waals surface area (Å²) in [4.78, 5) is 0. The maximum absolute atomic E-state index is 12.3. The van der Waals surface area contributed by atoms with E-state index in [1.807, 2.05) is 18.2 Å². The van der Waals surface area contributed by atoms with Crippen LogP contribution in [0.3, 0.4) is 0 Å². The van der Waals surface area contributed by atoms with Gasteiger partial charge in [-0.2, -0.15) is 8.78 Å². The predicted octanol–water partition coefficient (Wildman–Crippen LogP) is 4.23. The molecule has 0 bridgehead atoms. The Morgan fingerprint density at radius 2 is 1.85 bits per heavy atom. The zero-order chi connectivity index (χ0) is 14.4. The zero-order valence-corrected chi connectivity index (χ0v) is 11.4. The number of para-hydroxylation sites is 1. The lowest BCUT2D eigenvalue weighted by Crippen LogP contribution is -2.14. The minimum absolute atomic E-state index is 0.195. The number of hydrogen-bond donors (Lipinski definition) is 1. The van der Waals surface area contributed by atoms with Gasteiger partial charge in [-0.25, -0.2) is 0 Å². The van der Waals surface area contributed by atoms with E-state index in [1.165, 1.54) is 6.07 Å². The highest BCUT2D eigenvalue weighted by atomic mass is 35.5. The van der Waals surface area contributed by atoms with E-state index in [-0.39, 0.29) is 5.75 Å². The van der Waals surface area contributed by atoms with Gasteiger partial charge in [-0.3, -0.25) is 0 Å². The second-order valence-corrected chi connectivity index (χ2v) is 4.66. The third kappa shape index (κ3) is 4.47. The van der Waals surface area contributed by atoms with Crippen molar-refractivity contribution >= 4 is 11.6 Å². The van der Waals surface area contributed by atoms with Crippen molar-refractivity contribution in [1.29, 1.82) is 0 Å². The monoisotopic (exact) mass is 297 g/mol. The summed E-state index contributed by atoms with van der Waals surface area (Å²) in [6, 6.07) is 14.2. The van der Waals surface area contributed by atoms with Crippen LogP contribution in [0, 0.1) is 0 Å². The second kappa shape index (κ2) is 7.22. The maximum Gasteiger partial charge on any atom is 0.387 e. The highest BCUT2D eigenvalue weighted by Crippen LogP contribution is 2.20. The van der Waals surface area contributed by atoms with Gasteiger partial charge < -0.3 is 10.1 Å². The molecule has 0 saturated heterocycles. The molecule has 0 aliphatic carbocycles. The summed E-state index contributed by atoms with van der Waals surface area (Å²) in [5.41, 5.74) is 1.72. The first kappa shape index (κ1) is 14.8. The summed E-state index contributed by atoms with van der Waals surface area (Å²) in [7, 11) is 0. The molecule has 2 aromatic carbocycles. The van der Waals surface area contributed by atoms with Gasteiger partial charge in [0.2, 0.25) is 0 Å². The van der Waals surface area contributed by atoms with Crippen LogP contribution >= 0.6 is 11.6 Å². The van der Waals surface area contributed by atoms with Gasteiger partial charge in [-0.15, -0.1) is 0 Å². The number of rotatable bonds is 6. The first-order valence-electron chi connectivity index (χ1n) is 6.13. The summed E-state index contributed by atoms with van der Waals surface area (Å²) in [5.74, 6) is 0.195.